The summed E-state index contributed by atoms with van der Waals surface area (Å²) in [4.78, 5) is 14.4. The lowest BCUT2D eigenvalue weighted by Gasteiger charge is -2.15. The Hall–Kier alpha value is -3.70. The van der Waals surface area contributed by atoms with E-state index < -0.39 is 5.82 Å². The van der Waals surface area contributed by atoms with E-state index >= 15 is 0 Å². The van der Waals surface area contributed by atoms with E-state index in [-0.39, 0.29) is 11.5 Å². The molecular formula is C28H33FN6O. The number of aromatic nitrogens is 2. The van der Waals surface area contributed by atoms with Gasteiger partial charge in [-0.05, 0) is 62.1 Å². The van der Waals surface area contributed by atoms with Gasteiger partial charge in [0.1, 0.15) is 17.7 Å². The van der Waals surface area contributed by atoms with E-state index in [0.29, 0.717) is 28.7 Å². The van der Waals surface area contributed by atoms with Crippen LogP contribution in [0.1, 0.15) is 60.9 Å². The minimum absolute atomic E-state index is 0.00145. The van der Waals surface area contributed by atoms with Crippen molar-refractivity contribution < 1.29 is 9.18 Å². The number of benzene rings is 2. The van der Waals surface area contributed by atoms with Gasteiger partial charge in [-0.1, -0.05) is 25.3 Å². The molecular weight excluding hydrogens is 455 g/mol. The summed E-state index contributed by atoms with van der Waals surface area (Å²) in [5.41, 5.74) is 8.31. The molecule has 1 amide bonds. The van der Waals surface area contributed by atoms with Crippen LogP contribution in [0.5, 0.6) is 0 Å². The van der Waals surface area contributed by atoms with Crippen LogP contribution in [0.3, 0.4) is 0 Å². The third-order valence-corrected chi connectivity index (χ3v) is 6.75. The number of nitrogens with two attached hydrogens (primary N) is 1. The number of nitrogens with one attached hydrogen (secondary N) is 1. The Balaban J connectivity index is 0.000000375. The molecule has 2 heterocycles. The fraction of sp³-hybridized carbons (Fsp3) is 0.393. The molecule has 2 fully saturated rings. The fourth-order valence-corrected chi connectivity index (χ4v) is 4.65. The third kappa shape index (κ3) is 5.92. The van der Waals surface area contributed by atoms with Crippen LogP contribution < -0.4 is 11.1 Å². The van der Waals surface area contributed by atoms with Crippen molar-refractivity contribution in [3.8, 4) is 23.0 Å². The maximum Gasteiger partial charge on any atom is 0.253 e. The van der Waals surface area contributed by atoms with Crippen molar-refractivity contribution in [1.29, 1.82) is 5.26 Å². The Kier molecular flexibility index (Phi) is 8.34. The van der Waals surface area contributed by atoms with E-state index in [1.807, 2.05) is 29.2 Å². The lowest BCUT2D eigenvalue weighted by atomic mass is 9.97. The van der Waals surface area contributed by atoms with Gasteiger partial charge in [0, 0.05) is 43.4 Å². The number of carbonyl (C=O) groups is 1. The zero-order valence-electron chi connectivity index (χ0n) is 20.7. The summed E-state index contributed by atoms with van der Waals surface area (Å²) in [6, 6.07) is 15.9. The van der Waals surface area contributed by atoms with Crippen molar-refractivity contribution in [2.24, 2.45) is 5.73 Å². The second-order valence-electron chi connectivity index (χ2n) is 9.33. The highest BCUT2D eigenvalue weighted by Gasteiger charge is 2.20. The number of hydrogen-bond acceptors (Lipinski definition) is 5. The number of rotatable bonds is 4. The number of halogens is 1. The molecule has 3 N–H and O–H groups in total. The average molecular weight is 489 g/mol. The first-order valence-electron chi connectivity index (χ1n) is 12.6. The van der Waals surface area contributed by atoms with Crippen LogP contribution in [0, 0.1) is 17.1 Å². The van der Waals surface area contributed by atoms with Gasteiger partial charge in [0.15, 0.2) is 0 Å². The van der Waals surface area contributed by atoms with Gasteiger partial charge < -0.3 is 16.0 Å². The van der Waals surface area contributed by atoms with Gasteiger partial charge in [-0.15, -0.1) is 5.10 Å². The molecule has 7 nitrogen and oxygen atoms in total. The normalized spacial score (nSPS) is 15.7. The maximum absolute atomic E-state index is 14.1. The lowest BCUT2D eigenvalue weighted by molar-refractivity contribution is 0.0793. The van der Waals surface area contributed by atoms with Gasteiger partial charge in [0.05, 0.1) is 16.9 Å². The van der Waals surface area contributed by atoms with Crippen molar-refractivity contribution in [3.63, 3.8) is 0 Å². The van der Waals surface area contributed by atoms with Gasteiger partial charge in [-0.25, -0.2) is 9.07 Å². The summed E-state index contributed by atoms with van der Waals surface area (Å²) in [5.74, 6) is 0.0946. The standard InChI is InChI=1S/C22H20FN5O.C6H13N/c1-25-21-13-20(16-4-5-17(14-24)19(23)12-16)28(26-21)18-8-6-15(7-9-18)22(29)27-10-2-3-11-27;7-6-4-2-1-3-5-6/h4-9,12-13H,2-3,10-11H2,1H3,(H,25,26);6H,1-5,7H2. The molecule has 2 aliphatic rings. The molecule has 1 saturated heterocycles. The van der Waals surface area contributed by atoms with Crippen LogP contribution in [0.4, 0.5) is 10.2 Å². The highest BCUT2D eigenvalue weighted by Crippen LogP contribution is 2.28. The number of nitrogens with zero attached hydrogens (tertiary/aromatic N) is 4. The second kappa shape index (κ2) is 11.8. The third-order valence-electron chi connectivity index (χ3n) is 6.75. The molecule has 5 rings (SSSR count). The Morgan fingerprint density at radius 3 is 2.31 bits per heavy atom. The second-order valence-corrected chi connectivity index (χ2v) is 9.33. The molecule has 1 aliphatic heterocycles. The van der Waals surface area contributed by atoms with Gasteiger partial charge in [0.25, 0.3) is 5.91 Å². The van der Waals surface area contributed by atoms with Crippen molar-refractivity contribution in [1.82, 2.24) is 14.7 Å². The Morgan fingerprint density at radius 2 is 1.75 bits per heavy atom. The highest BCUT2D eigenvalue weighted by atomic mass is 19.1. The molecule has 3 aromatic rings. The molecule has 1 aromatic heterocycles. The molecule has 0 radical (unpaired) electrons. The first-order chi connectivity index (χ1) is 17.5. The molecule has 0 unspecified atom stereocenters. The zero-order chi connectivity index (χ0) is 25.5. The van der Waals surface area contributed by atoms with E-state index in [2.05, 4.69) is 10.4 Å². The molecule has 188 valence electrons. The monoisotopic (exact) mass is 488 g/mol. The minimum atomic E-state index is -0.574. The highest BCUT2D eigenvalue weighted by molar-refractivity contribution is 5.94. The molecule has 2 aromatic carbocycles. The number of anilines is 1. The summed E-state index contributed by atoms with van der Waals surface area (Å²) in [6.07, 6.45) is 8.76. The van der Waals surface area contributed by atoms with E-state index in [1.54, 1.807) is 29.9 Å². The van der Waals surface area contributed by atoms with Crippen LogP contribution in [0.25, 0.3) is 16.9 Å². The molecule has 0 bridgehead atoms. The fourth-order valence-electron chi connectivity index (χ4n) is 4.65. The smallest absolute Gasteiger partial charge is 0.253 e. The molecule has 8 heteroatoms. The Bertz CT molecular complexity index is 1220. The topological polar surface area (TPSA) is 100.0 Å². The summed E-state index contributed by atoms with van der Waals surface area (Å²) in [5, 5.41) is 16.5. The predicted molar refractivity (Wildman–Crippen MR) is 139 cm³/mol. The van der Waals surface area contributed by atoms with Crippen molar-refractivity contribution >= 4 is 11.7 Å². The van der Waals surface area contributed by atoms with Gasteiger partial charge >= 0.3 is 0 Å². The van der Waals surface area contributed by atoms with E-state index in [4.69, 9.17) is 11.0 Å². The predicted octanol–water partition coefficient (Wildman–Crippen LogP) is 5.11. The van der Waals surface area contributed by atoms with Crippen LogP contribution in [0.2, 0.25) is 0 Å². The zero-order valence-corrected chi connectivity index (χ0v) is 20.7. The van der Waals surface area contributed by atoms with Crippen LogP contribution in [-0.2, 0) is 0 Å². The first kappa shape index (κ1) is 25.4. The van der Waals surface area contributed by atoms with Crippen molar-refractivity contribution in [2.45, 2.75) is 51.0 Å². The van der Waals surface area contributed by atoms with Crippen LogP contribution >= 0.6 is 0 Å². The summed E-state index contributed by atoms with van der Waals surface area (Å²) < 4.78 is 15.8. The van der Waals surface area contributed by atoms with Gasteiger partial charge in [0.2, 0.25) is 0 Å². The quantitative estimate of drug-likeness (QED) is 0.532. The van der Waals surface area contributed by atoms with E-state index in [9.17, 15) is 9.18 Å². The molecule has 1 aliphatic carbocycles. The van der Waals surface area contributed by atoms with Gasteiger partial charge in [-0.3, -0.25) is 4.79 Å². The SMILES string of the molecule is CNc1cc(-c2ccc(C#N)c(F)c2)n(-c2ccc(C(=O)N3CCCC3)cc2)n1.NC1CCCCC1. The van der Waals surface area contributed by atoms with Crippen molar-refractivity contribution in [2.75, 3.05) is 25.5 Å². The molecule has 0 atom stereocenters. The summed E-state index contributed by atoms with van der Waals surface area (Å²) in [7, 11) is 1.76. The molecule has 0 spiro atoms. The van der Waals surface area contributed by atoms with Crippen molar-refractivity contribution in [3.05, 3.63) is 65.5 Å². The minimum Gasteiger partial charge on any atom is -0.372 e. The Labute approximate surface area is 211 Å². The number of carbonyl (C=O) groups excluding carboxylic acids is 1. The lowest BCUT2D eigenvalue weighted by Crippen LogP contribution is -2.27. The van der Waals surface area contributed by atoms with E-state index in [0.717, 1.165) is 31.6 Å². The number of hydrogen-bond donors (Lipinski definition) is 2. The largest absolute Gasteiger partial charge is 0.372 e. The number of nitriles is 1. The first-order valence-corrected chi connectivity index (χ1v) is 12.6. The Morgan fingerprint density at radius 1 is 1.06 bits per heavy atom. The summed E-state index contributed by atoms with van der Waals surface area (Å²) in [6.45, 7) is 1.61. The average Bonchev–Trinajstić information content (AvgIpc) is 3.60. The van der Waals surface area contributed by atoms with Crippen LogP contribution in [0.15, 0.2) is 48.5 Å². The molecule has 1 saturated carbocycles. The number of amides is 1. The molecule has 36 heavy (non-hydrogen) atoms. The van der Waals surface area contributed by atoms with E-state index in [1.165, 1.54) is 44.2 Å². The van der Waals surface area contributed by atoms with Crippen LogP contribution in [-0.4, -0.2) is 46.8 Å². The number of likely N-dealkylation sites (tertiary alicyclic amines) is 1. The van der Waals surface area contributed by atoms with Gasteiger partial charge in [-0.2, -0.15) is 5.26 Å². The maximum atomic E-state index is 14.1. The summed E-state index contributed by atoms with van der Waals surface area (Å²) >= 11 is 0.